The van der Waals surface area contributed by atoms with Crippen LogP contribution < -0.4 is 5.73 Å². The highest BCUT2D eigenvalue weighted by molar-refractivity contribution is 9.10. The molecule has 5 heteroatoms. The minimum atomic E-state index is 0.623. The van der Waals surface area contributed by atoms with Crippen molar-refractivity contribution in [2.24, 2.45) is 0 Å². The van der Waals surface area contributed by atoms with Crippen molar-refractivity contribution in [3.8, 4) is 11.4 Å². The lowest BCUT2D eigenvalue weighted by atomic mass is 10.1. The van der Waals surface area contributed by atoms with Gasteiger partial charge >= 0.3 is 0 Å². The Morgan fingerprint density at radius 3 is 2.70 bits per heavy atom. The molecule has 0 unspecified atom stereocenters. The Morgan fingerprint density at radius 1 is 1.10 bits per heavy atom. The summed E-state index contributed by atoms with van der Waals surface area (Å²) in [4.78, 5) is 9.19. The van der Waals surface area contributed by atoms with Crippen LogP contribution in [0.15, 0.2) is 22.7 Å². The molecule has 0 aliphatic heterocycles. The van der Waals surface area contributed by atoms with E-state index in [2.05, 4.69) is 20.9 Å². The van der Waals surface area contributed by atoms with Crippen LogP contribution in [-0.2, 0) is 12.8 Å². The molecule has 3 nitrogen and oxygen atoms in total. The number of aromatic nitrogens is 2. The summed E-state index contributed by atoms with van der Waals surface area (Å²) < 4.78 is 0.841. The first-order valence-corrected chi connectivity index (χ1v) is 7.93. The Bertz CT molecular complexity index is 658. The Kier molecular flexibility index (Phi) is 3.94. The van der Waals surface area contributed by atoms with E-state index in [4.69, 9.17) is 22.3 Å². The molecule has 1 aliphatic rings. The van der Waals surface area contributed by atoms with Gasteiger partial charge in [0.15, 0.2) is 5.82 Å². The second-order valence-corrected chi connectivity index (χ2v) is 6.31. The molecule has 1 heterocycles. The van der Waals surface area contributed by atoms with Crippen LogP contribution in [0.1, 0.15) is 30.5 Å². The number of anilines is 1. The average Bonchev–Trinajstić information content (AvgIpc) is 2.67. The number of benzene rings is 1. The maximum Gasteiger partial charge on any atom is 0.161 e. The van der Waals surface area contributed by atoms with Crippen molar-refractivity contribution in [2.75, 3.05) is 5.73 Å². The summed E-state index contributed by atoms with van der Waals surface area (Å²) in [5.74, 6) is 1.30. The number of hydrogen-bond donors (Lipinski definition) is 1. The Morgan fingerprint density at radius 2 is 1.90 bits per heavy atom. The topological polar surface area (TPSA) is 51.8 Å². The minimum Gasteiger partial charge on any atom is -0.383 e. The van der Waals surface area contributed by atoms with Crippen LogP contribution in [0.5, 0.6) is 0 Å². The molecule has 0 fully saturated rings. The molecule has 1 aromatic carbocycles. The van der Waals surface area contributed by atoms with Gasteiger partial charge < -0.3 is 5.73 Å². The average molecular weight is 353 g/mol. The van der Waals surface area contributed by atoms with Gasteiger partial charge in [-0.25, -0.2) is 9.97 Å². The van der Waals surface area contributed by atoms with Crippen molar-refractivity contribution in [1.82, 2.24) is 9.97 Å². The van der Waals surface area contributed by atoms with Gasteiger partial charge in [0, 0.05) is 21.3 Å². The highest BCUT2D eigenvalue weighted by Gasteiger charge is 2.16. The number of nitrogen functional groups attached to an aromatic ring is 1. The van der Waals surface area contributed by atoms with Crippen molar-refractivity contribution < 1.29 is 0 Å². The normalized spacial score (nSPS) is 14.7. The van der Waals surface area contributed by atoms with E-state index >= 15 is 0 Å². The van der Waals surface area contributed by atoms with E-state index in [0.29, 0.717) is 16.7 Å². The monoisotopic (exact) mass is 351 g/mol. The molecule has 1 aromatic heterocycles. The van der Waals surface area contributed by atoms with Gasteiger partial charge in [-0.2, -0.15) is 0 Å². The number of rotatable bonds is 1. The van der Waals surface area contributed by atoms with Gasteiger partial charge in [-0.3, -0.25) is 0 Å². The van der Waals surface area contributed by atoms with E-state index in [1.54, 1.807) is 0 Å². The third-order valence-corrected chi connectivity index (χ3v) is 4.86. The summed E-state index contributed by atoms with van der Waals surface area (Å²) in [6.45, 7) is 0. The van der Waals surface area contributed by atoms with E-state index in [1.165, 1.54) is 19.3 Å². The molecule has 0 bridgehead atoms. The van der Waals surface area contributed by atoms with E-state index in [9.17, 15) is 0 Å². The Balaban J connectivity index is 2.08. The van der Waals surface area contributed by atoms with E-state index in [1.807, 2.05) is 18.2 Å². The molecule has 0 radical (unpaired) electrons. The lowest BCUT2D eigenvalue weighted by molar-refractivity contribution is 0.709. The zero-order chi connectivity index (χ0) is 14.1. The number of nitrogens with zero attached hydrogens (tertiary/aromatic N) is 2. The van der Waals surface area contributed by atoms with E-state index in [0.717, 1.165) is 34.1 Å². The summed E-state index contributed by atoms with van der Waals surface area (Å²) in [6.07, 6.45) is 5.56. The Hall–Kier alpha value is -1.13. The van der Waals surface area contributed by atoms with Gasteiger partial charge in [-0.15, -0.1) is 0 Å². The first kappa shape index (κ1) is 13.8. The van der Waals surface area contributed by atoms with Crippen molar-refractivity contribution in [1.29, 1.82) is 0 Å². The fraction of sp³-hybridized carbons (Fsp3) is 0.333. The second kappa shape index (κ2) is 5.70. The molecule has 0 atom stereocenters. The zero-order valence-corrected chi connectivity index (χ0v) is 13.3. The lowest BCUT2D eigenvalue weighted by Crippen LogP contribution is -2.06. The number of hydrogen-bond acceptors (Lipinski definition) is 3. The van der Waals surface area contributed by atoms with Gasteiger partial charge in [-0.05, 0) is 59.8 Å². The van der Waals surface area contributed by atoms with Crippen LogP contribution in [0, 0.1) is 0 Å². The third kappa shape index (κ3) is 2.67. The van der Waals surface area contributed by atoms with Crippen molar-refractivity contribution in [3.05, 3.63) is 39.0 Å². The van der Waals surface area contributed by atoms with Crippen LogP contribution in [-0.4, -0.2) is 9.97 Å². The molecule has 20 heavy (non-hydrogen) atoms. The summed E-state index contributed by atoms with van der Waals surface area (Å²) in [5.41, 5.74) is 9.30. The summed E-state index contributed by atoms with van der Waals surface area (Å²) in [5, 5.41) is 0.677. The van der Waals surface area contributed by atoms with Crippen molar-refractivity contribution in [2.45, 2.75) is 32.1 Å². The van der Waals surface area contributed by atoms with Gasteiger partial charge in [0.1, 0.15) is 5.82 Å². The van der Waals surface area contributed by atoms with Crippen LogP contribution >= 0.6 is 27.5 Å². The van der Waals surface area contributed by atoms with Gasteiger partial charge in [0.25, 0.3) is 0 Å². The first-order chi connectivity index (χ1) is 9.65. The van der Waals surface area contributed by atoms with Crippen LogP contribution in [0.2, 0.25) is 5.02 Å². The first-order valence-electron chi connectivity index (χ1n) is 6.76. The zero-order valence-electron chi connectivity index (χ0n) is 11.0. The van der Waals surface area contributed by atoms with E-state index in [-0.39, 0.29) is 0 Å². The number of nitrogens with two attached hydrogens (primary N) is 1. The van der Waals surface area contributed by atoms with Crippen LogP contribution in [0.3, 0.4) is 0 Å². The number of aryl methyl sites for hydroxylation is 1. The molecule has 104 valence electrons. The highest BCUT2D eigenvalue weighted by atomic mass is 79.9. The maximum absolute atomic E-state index is 6.13. The van der Waals surface area contributed by atoms with Crippen LogP contribution in [0.25, 0.3) is 11.4 Å². The minimum absolute atomic E-state index is 0.623. The fourth-order valence-electron chi connectivity index (χ4n) is 2.56. The molecular weight excluding hydrogens is 338 g/mol. The van der Waals surface area contributed by atoms with Crippen LogP contribution in [0.4, 0.5) is 5.82 Å². The Labute approximate surface area is 131 Å². The molecule has 1 aliphatic carbocycles. The SMILES string of the molecule is Nc1nc(-c2ccc(Cl)c(Br)c2)nc2c1CCCCC2. The third-order valence-electron chi connectivity index (χ3n) is 3.64. The predicted molar refractivity (Wildman–Crippen MR) is 85.8 cm³/mol. The molecule has 2 aromatic rings. The quantitative estimate of drug-likeness (QED) is 0.773. The molecule has 0 spiro atoms. The maximum atomic E-state index is 6.13. The molecule has 0 saturated heterocycles. The van der Waals surface area contributed by atoms with Gasteiger partial charge in [0.2, 0.25) is 0 Å². The summed E-state index contributed by atoms with van der Waals surface area (Å²) >= 11 is 9.45. The van der Waals surface area contributed by atoms with Gasteiger partial charge in [-0.1, -0.05) is 18.0 Å². The molecule has 0 saturated carbocycles. The molecule has 0 amide bonds. The number of fused-ring (bicyclic) bond motifs is 1. The van der Waals surface area contributed by atoms with Gasteiger partial charge in [0.05, 0.1) is 5.02 Å². The van der Waals surface area contributed by atoms with E-state index < -0.39 is 0 Å². The molecular formula is C15H15BrClN3. The molecule has 3 rings (SSSR count). The summed E-state index contributed by atoms with van der Waals surface area (Å²) in [7, 11) is 0. The highest BCUT2D eigenvalue weighted by Crippen LogP contribution is 2.30. The number of halogens is 2. The summed E-state index contributed by atoms with van der Waals surface area (Å²) in [6, 6.07) is 5.69. The molecule has 2 N–H and O–H groups in total. The second-order valence-electron chi connectivity index (χ2n) is 5.05. The van der Waals surface area contributed by atoms with Crippen molar-refractivity contribution in [3.63, 3.8) is 0 Å². The predicted octanol–water partition coefficient (Wildman–Crippen LogP) is 4.41. The van der Waals surface area contributed by atoms with Crippen molar-refractivity contribution >= 4 is 33.3 Å². The largest absolute Gasteiger partial charge is 0.383 e. The smallest absolute Gasteiger partial charge is 0.161 e. The standard InChI is InChI=1S/C15H15BrClN3/c16-11-8-9(6-7-12(11)17)15-19-13-5-3-1-2-4-10(13)14(18)20-15/h6-8H,1-5H2,(H2,18,19,20). The fourth-order valence-corrected chi connectivity index (χ4v) is 3.06. The lowest BCUT2D eigenvalue weighted by Gasteiger charge is -2.11.